The number of aliphatic hydroxyl groups is 1. The molecule has 0 aliphatic carbocycles. The monoisotopic (exact) mass is 372 g/mol. The summed E-state index contributed by atoms with van der Waals surface area (Å²) >= 11 is 0. The van der Waals surface area contributed by atoms with E-state index in [0.29, 0.717) is 44.6 Å². The maximum Gasteiger partial charge on any atom is 0.255 e. The summed E-state index contributed by atoms with van der Waals surface area (Å²) in [5.41, 5.74) is 8.38. The summed E-state index contributed by atoms with van der Waals surface area (Å²) in [6, 6.07) is 5.13. The second-order valence-electron chi connectivity index (χ2n) is 7.55. The molecule has 3 heterocycles. The van der Waals surface area contributed by atoms with Gasteiger partial charge in [0.25, 0.3) is 5.91 Å². The first-order valence-electron chi connectivity index (χ1n) is 9.35. The van der Waals surface area contributed by atoms with Crippen LogP contribution in [0.2, 0.25) is 0 Å². The molecule has 1 unspecified atom stereocenters. The summed E-state index contributed by atoms with van der Waals surface area (Å²) in [5, 5.41) is 12.3. The first-order valence-corrected chi connectivity index (χ1v) is 9.35. The number of nitrogens with zero attached hydrogens (tertiary/aromatic N) is 2. The van der Waals surface area contributed by atoms with E-state index < -0.39 is 11.9 Å². The number of β-amino-alcohol motifs (C(OH)–C–C–N with tert-alkyl or cyclic N) is 1. The molecule has 3 atom stereocenters. The van der Waals surface area contributed by atoms with Crippen LogP contribution in [0, 0.1) is 0 Å². The lowest BCUT2D eigenvalue weighted by Gasteiger charge is -2.29. The molecule has 2 fully saturated rings. The minimum atomic E-state index is -0.610. The van der Waals surface area contributed by atoms with Gasteiger partial charge in [0, 0.05) is 44.2 Å². The highest BCUT2D eigenvalue weighted by Gasteiger charge is 2.40. The molecule has 1 aromatic carbocycles. The zero-order valence-electron chi connectivity index (χ0n) is 15.1. The molecule has 3 aliphatic rings. The zero-order chi connectivity index (χ0) is 19.1. The average molecular weight is 372 g/mol. The van der Waals surface area contributed by atoms with E-state index in [1.807, 2.05) is 12.1 Å². The van der Waals surface area contributed by atoms with E-state index in [-0.39, 0.29) is 30.4 Å². The molecule has 4 N–H and O–H groups in total. The highest BCUT2D eigenvalue weighted by Crippen LogP contribution is 2.31. The van der Waals surface area contributed by atoms with Crippen molar-refractivity contribution in [3.05, 3.63) is 34.9 Å². The van der Waals surface area contributed by atoms with Crippen molar-refractivity contribution in [2.24, 2.45) is 5.73 Å². The van der Waals surface area contributed by atoms with E-state index in [4.69, 9.17) is 5.73 Å². The zero-order valence-corrected chi connectivity index (χ0v) is 15.1. The lowest BCUT2D eigenvalue weighted by molar-refractivity contribution is -0.136. The number of carbonyl (C=O) groups excluding carboxylic acids is 3. The van der Waals surface area contributed by atoms with Crippen molar-refractivity contribution in [3.63, 3.8) is 0 Å². The van der Waals surface area contributed by atoms with Crippen molar-refractivity contribution >= 4 is 17.7 Å². The number of aliphatic hydroxyl groups excluding tert-OH is 1. The summed E-state index contributed by atoms with van der Waals surface area (Å²) in [6.45, 7) is 2.02. The quantitative estimate of drug-likeness (QED) is 0.605. The highest BCUT2D eigenvalue weighted by atomic mass is 16.3. The van der Waals surface area contributed by atoms with E-state index >= 15 is 0 Å². The van der Waals surface area contributed by atoms with Gasteiger partial charge in [-0.3, -0.25) is 24.6 Å². The molecular formula is C19H24N4O4. The van der Waals surface area contributed by atoms with Crippen LogP contribution in [0.15, 0.2) is 18.2 Å². The Hall–Kier alpha value is -2.29. The van der Waals surface area contributed by atoms with Gasteiger partial charge in [0.05, 0.1) is 6.10 Å². The van der Waals surface area contributed by atoms with E-state index in [1.165, 1.54) is 0 Å². The van der Waals surface area contributed by atoms with Crippen molar-refractivity contribution in [1.29, 1.82) is 0 Å². The van der Waals surface area contributed by atoms with Gasteiger partial charge in [-0.15, -0.1) is 0 Å². The van der Waals surface area contributed by atoms with Crippen LogP contribution >= 0.6 is 0 Å². The van der Waals surface area contributed by atoms with E-state index in [9.17, 15) is 19.5 Å². The number of fused-ring (bicyclic) bond motifs is 1. The largest absolute Gasteiger partial charge is 0.392 e. The van der Waals surface area contributed by atoms with Gasteiger partial charge in [-0.1, -0.05) is 12.1 Å². The van der Waals surface area contributed by atoms with Gasteiger partial charge in [0.1, 0.15) is 6.04 Å². The fourth-order valence-electron chi connectivity index (χ4n) is 4.41. The Labute approximate surface area is 157 Å². The van der Waals surface area contributed by atoms with Crippen LogP contribution < -0.4 is 11.1 Å². The van der Waals surface area contributed by atoms with Crippen molar-refractivity contribution in [2.75, 3.05) is 13.1 Å². The highest BCUT2D eigenvalue weighted by molar-refractivity contribution is 6.05. The molecule has 2 saturated heterocycles. The van der Waals surface area contributed by atoms with Gasteiger partial charge in [0.2, 0.25) is 11.8 Å². The second-order valence-corrected chi connectivity index (χ2v) is 7.55. The Kier molecular flexibility index (Phi) is 4.71. The molecule has 8 nitrogen and oxygen atoms in total. The number of imide groups is 1. The average Bonchev–Trinajstić information content (AvgIpc) is 3.16. The van der Waals surface area contributed by atoms with Crippen molar-refractivity contribution in [2.45, 2.75) is 50.5 Å². The molecule has 3 aliphatic heterocycles. The molecule has 27 heavy (non-hydrogen) atoms. The lowest BCUT2D eigenvalue weighted by atomic mass is 10.0. The number of benzene rings is 1. The van der Waals surface area contributed by atoms with Crippen LogP contribution in [0.1, 0.15) is 40.7 Å². The fraction of sp³-hybridized carbons (Fsp3) is 0.526. The third-order valence-corrected chi connectivity index (χ3v) is 5.83. The van der Waals surface area contributed by atoms with E-state index in [2.05, 4.69) is 10.2 Å². The maximum atomic E-state index is 12.9. The number of piperidine rings is 1. The third-order valence-electron chi connectivity index (χ3n) is 5.83. The second kappa shape index (κ2) is 7.03. The van der Waals surface area contributed by atoms with E-state index in [1.54, 1.807) is 11.0 Å². The number of amides is 3. The molecule has 1 aromatic rings. The summed E-state index contributed by atoms with van der Waals surface area (Å²) < 4.78 is 0. The number of hydrogen-bond donors (Lipinski definition) is 3. The fourth-order valence-corrected chi connectivity index (χ4v) is 4.41. The Balaban J connectivity index is 1.56. The lowest BCUT2D eigenvalue weighted by Crippen LogP contribution is -2.52. The molecule has 0 spiro atoms. The summed E-state index contributed by atoms with van der Waals surface area (Å²) in [5.74, 6) is -0.862. The number of likely N-dealkylation sites (tertiary alicyclic amines) is 1. The third kappa shape index (κ3) is 3.24. The first kappa shape index (κ1) is 18.1. The molecule has 0 aromatic heterocycles. The van der Waals surface area contributed by atoms with Crippen LogP contribution in [0.5, 0.6) is 0 Å². The standard InChI is InChI=1S/C19H24N4O4/c20-7-12-6-13(24)9-22(12)8-11-2-1-3-14-15(11)10-23(19(14)27)16-4-5-17(25)21-18(16)26/h1-3,12-13,16,24H,4-10,20H2,(H,21,25,26)/t12-,13+,16?/m1/s1. The van der Waals surface area contributed by atoms with Crippen LogP contribution in [0.4, 0.5) is 0 Å². The number of carbonyl (C=O) groups is 3. The minimum absolute atomic E-state index is 0.124. The Bertz CT molecular complexity index is 796. The summed E-state index contributed by atoms with van der Waals surface area (Å²) in [6.07, 6.45) is 0.879. The summed E-state index contributed by atoms with van der Waals surface area (Å²) in [4.78, 5) is 40.2. The van der Waals surface area contributed by atoms with E-state index in [0.717, 1.165) is 11.1 Å². The number of nitrogens with two attached hydrogens (primary N) is 1. The van der Waals surface area contributed by atoms with Gasteiger partial charge in [-0.05, 0) is 30.0 Å². The molecule has 4 rings (SSSR count). The Morgan fingerprint density at radius 2 is 2.07 bits per heavy atom. The van der Waals surface area contributed by atoms with Gasteiger partial charge in [-0.25, -0.2) is 0 Å². The van der Waals surface area contributed by atoms with Gasteiger partial charge in [0.15, 0.2) is 0 Å². The van der Waals surface area contributed by atoms with Crippen LogP contribution in [-0.4, -0.2) is 63.9 Å². The van der Waals surface area contributed by atoms with Crippen LogP contribution in [0.25, 0.3) is 0 Å². The smallest absolute Gasteiger partial charge is 0.255 e. The molecule has 3 amide bonds. The van der Waals surface area contributed by atoms with Gasteiger partial charge < -0.3 is 15.7 Å². The molecular weight excluding hydrogens is 348 g/mol. The first-order chi connectivity index (χ1) is 13.0. The minimum Gasteiger partial charge on any atom is -0.392 e. The predicted molar refractivity (Wildman–Crippen MR) is 96.4 cm³/mol. The normalized spacial score (nSPS) is 28.6. The Morgan fingerprint density at radius 1 is 1.26 bits per heavy atom. The number of nitrogens with one attached hydrogen (secondary N) is 1. The SMILES string of the molecule is NC[C@H]1C[C@H](O)CN1Cc1cccc2c1CN(C1CCC(=O)NC1=O)C2=O. The summed E-state index contributed by atoms with van der Waals surface area (Å²) in [7, 11) is 0. The molecule has 0 saturated carbocycles. The molecule has 8 heteroatoms. The molecule has 0 bridgehead atoms. The predicted octanol–water partition coefficient (Wildman–Crippen LogP) is -0.658. The van der Waals surface area contributed by atoms with Gasteiger partial charge in [-0.2, -0.15) is 0 Å². The number of rotatable bonds is 4. The topological polar surface area (TPSA) is 116 Å². The van der Waals surface area contributed by atoms with Crippen molar-refractivity contribution in [1.82, 2.24) is 15.1 Å². The van der Waals surface area contributed by atoms with Crippen LogP contribution in [0.3, 0.4) is 0 Å². The van der Waals surface area contributed by atoms with Crippen molar-refractivity contribution in [3.8, 4) is 0 Å². The van der Waals surface area contributed by atoms with Crippen molar-refractivity contribution < 1.29 is 19.5 Å². The molecule has 144 valence electrons. The number of hydrogen-bond acceptors (Lipinski definition) is 6. The maximum absolute atomic E-state index is 12.9. The van der Waals surface area contributed by atoms with Crippen LogP contribution in [-0.2, 0) is 22.7 Å². The van der Waals surface area contributed by atoms with Gasteiger partial charge >= 0.3 is 0 Å². The molecule has 0 radical (unpaired) electrons. The Morgan fingerprint density at radius 3 is 2.81 bits per heavy atom.